The van der Waals surface area contributed by atoms with Crippen LogP contribution in [0, 0.1) is 0 Å². The van der Waals surface area contributed by atoms with Crippen LogP contribution < -0.4 is 0 Å². The van der Waals surface area contributed by atoms with Crippen molar-refractivity contribution < 1.29 is 9.90 Å². The molecule has 3 rings (SSSR count). The molecule has 22 heavy (non-hydrogen) atoms. The summed E-state index contributed by atoms with van der Waals surface area (Å²) < 4.78 is 0. The molecule has 0 saturated heterocycles. The number of fused-ring (bicyclic) bond motifs is 1. The highest BCUT2D eigenvalue weighted by atomic mass is 79.9. The highest BCUT2D eigenvalue weighted by Gasteiger charge is 2.08. The molecule has 0 spiro atoms. The number of unbranched alkanes of at least 4 members (excludes halogenated alkanes) is 1. The summed E-state index contributed by atoms with van der Waals surface area (Å²) in [6.45, 7) is 0. The van der Waals surface area contributed by atoms with Gasteiger partial charge in [-0.1, -0.05) is 15.9 Å². The number of H-pyrrole nitrogens is 2. The highest BCUT2D eigenvalue weighted by molar-refractivity contribution is 9.09. The number of aryl methyl sites for hydroxylation is 1. The van der Waals surface area contributed by atoms with Crippen molar-refractivity contribution in [3.8, 4) is 0 Å². The summed E-state index contributed by atoms with van der Waals surface area (Å²) in [6, 6.07) is 9.09. The molecule has 3 N–H and O–H groups in total. The third-order valence-electron chi connectivity index (χ3n) is 3.34. The van der Waals surface area contributed by atoms with Gasteiger partial charge in [-0.25, -0.2) is 4.79 Å². The van der Waals surface area contributed by atoms with E-state index in [9.17, 15) is 4.79 Å². The zero-order valence-electron chi connectivity index (χ0n) is 12.2. The topological polar surface area (TPSA) is 68.9 Å². The van der Waals surface area contributed by atoms with Crippen molar-refractivity contribution in [2.24, 2.45) is 0 Å². The second-order valence-electron chi connectivity index (χ2n) is 4.91. The Morgan fingerprint density at radius 1 is 1.18 bits per heavy atom. The number of nitrogens with one attached hydrogen (secondary N) is 2. The average Bonchev–Trinajstić information content (AvgIpc) is 3.20. The molecule has 2 aromatic heterocycles. The number of halogens is 1. The molecule has 1 aromatic carbocycles. The van der Waals surface area contributed by atoms with Crippen LogP contribution in [0.25, 0.3) is 10.9 Å². The van der Waals surface area contributed by atoms with E-state index in [4.69, 9.17) is 5.11 Å². The number of hydrogen-bond donors (Lipinski definition) is 3. The van der Waals surface area contributed by atoms with Crippen LogP contribution in [0.4, 0.5) is 0 Å². The summed E-state index contributed by atoms with van der Waals surface area (Å²) >= 11 is 3.41. The second-order valence-corrected chi connectivity index (χ2v) is 5.70. The lowest BCUT2D eigenvalue weighted by Crippen LogP contribution is -1.95. The molecular weight excluding hydrogens is 344 g/mol. The number of aromatic nitrogens is 2. The van der Waals surface area contributed by atoms with Gasteiger partial charge in [0.05, 0.1) is 5.56 Å². The lowest BCUT2D eigenvalue weighted by molar-refractivity contribution is 0.0697. The van der Waals surface area contributed by atoms with Gasteiger partial charge in [0.25, 0.3) is 0 Å². The summed E-state index contributed by atoms with van der Waals surface area (Å²) in [5.74, 6) is -0.875. The fourth-order valence-electron chi connectivity index (χ4n) is 2.21. The standard InChI is InChI=1S/C13H14BrNO2.C4H5N/c14-6-2-1-3-10-8-15-12-5-4-9(13(16)17)7-11(10)12;1-2-4-5-3-1/h4-5,7-8,15H,1-3,6H2,(H,16,17);1-5H. The van der Waals surface area contributed by atoms with Gasteiger partial charge in [0.15, 0.2) is 0 Å². The van der Waals surface area contributed by atoms with Gasteiger partial charge in [0.1, 0.15) is 0 Å². The minimum absolute atomic E-state index is 0.346. The van der Waals surface area contributed by atoms with Crippen molar-refractivity contribution in [2.45, 2.75) is 19.3 Å². The van der Waals surface area contributed by atoms with E-state index in [0.717, 1.165) is 35.5 Å². The molecule has 0 bridgehead atoms. The molecule has 0 unspecified atom stereocenters. The molecule has 5 heteroatoms. The fraction of sp³-hybridized carbons (Fsp3) is 0.235. The quantitative estimate of drug-likeness (QED) is 0.458. The Morgan fingerprint density at radius 3 is 2.55 bits per heavy atom. The van der Waals surface area contributed by atoms with E-state index in [1.54, 1.807) is 12.1 Å². The largest absolute Gasteiger partial charge is 0.478 e. The molecule has 2 heterocycles. The summed E-state index contributed by atoms with van der Waals surface area (Å²) in [5, 5.41) is 11.0. The van der Waals surface area contributed by atoms with Gasteiger partial charge in [-0.15, -0.1) is 0 Å². The van der Waals surface area contributed by atoms with Gasteiger partial charge in [-0.3, -0.25) is 0 Å². The number of rotatable bonds is 5. The zero-order chi connectivity index (χ0) is 15.8. The summed E-state index contributed by atoms with van der Waals surface area (Å²) in [5.41, 5.74) is 2.55. The first-order chi connectivity index (χ1) is 10.7. The molecule has 0 amide bonds. The van der Waals surface area contributed by atoms with E-state index < -0.39 is 5.97 Å². The molecule has 0 aliphatic rings. The van der Waals surface area contributed by atoms with E-state index in [-0.39, 0.29) is 0 Å². The van der Waals surface area contributed by atoms with Crippen LogP contribution in [0.5, 0.6) is 0 Å². The van der Waals surface area contributed by atoms with Crippen molar-refractivity contribution >= 4 is 32.8 Å². The van der Waals surface area contributed by atoms with Crippen LogP contribution in [-0.2, 0) is 6.42 Å². The van der Waals surface area contributed by atoms with Crippen LogP contribution in [0.2, 0.25) is 0 Å². The molecule has 0 saturated carbocycles. The maximum atomic E-state index is 10.9. The number of carboxylic acids is 1. The number of alkyl halides is 1. The first-order valence-corrected chi connectivity index (χ1v) is 8.31. The monoisotopic (exact) mass is 362 g/mol. The van der Waals surface area contributed by atoms with E-state index in [1.807, 2.05) is 36.8 Å². The lowest BCUT2D eigenvalue weighted by atomic mass is 10.1. The summed E-state index contributed by atoms with van der Waals surface area (Å²) in [6.07, 6.45) is 8.94. The van der Waals surface area contributed by atoms with Gasteiger partial charge in [-0.05, 0) is 55.2 Å². The van der Waals surface area contributed by atoms with Crippen molar-refractivity contribution in [2.75, 3.05) is 5.33 Å². The van der Waals surface area contributed by atoms with Crippen LogP contribution in [0.15, 0.2) is 48.9 Å². The minimum Gasteiger partial charge on any atom is -0.478 e. The molecule has 0 atom stereocenters. The molecular formula is C17H19BrN2O2. The maximum absolute atomic E-state index is 10.9. The van der Waals surface area contributed by atoms with E-state index in [0.29, 0.717) is 5.56 Å². The third kappa shape index (κ3) is 4.49. The third-order valence-corrected chi connectivity index (χ3v) is 3.90. The second kappa shape index (κ2) is 8.44. The first kappa shape index (κ1) is 16.4. The predicted molar refractivity (Wildman–Crippen MR) is 92.8 cm³/mol. The van der Waals surface area contributed by atoms with Crippen molar-refractivity contribution in [1.29, 1.82) is 0 Å². The van der Waals surface area contributed by atoms with Gasteiger partial charge >= 0.3 is 5.97 Å². The Labute approximate surface area is 137 Å². The smallest absolute Gasteiger partial charge is 0.335 e. The number of benzene rings is 1. The number of hydrogen-bond acceptors (Lipinski definition) is 1. The molecule has 0 fully saturated rings. The Hall–Kier alpha value is -2.01. The Kier molecular flexibility index (Phi) is 6.27. The zero-order valence-corrected chi connectivity index (χ0v) is 13.8. The average molecular weight is 363 g/mol. The minimum atomic E-state index is -0.875. The summed E-state index contributed by atoms with van der Waals surface area (Å²) in [7, 11) is 0. The maximum Gasteiger partial charge on any atom is 0.335 e. The van der Waals surface area contributed by atoms with Crippen molar-refractivity contribution in [1.82, 2.24) is 9.97 Å². The molecule has 3 aromatic rings. The number of carbonyl (C=O) groups is 1. The van der Waals surface area contributed by atoms with E-state index in [2.05, 4.69) is 25.9 Å². The van der Waals surface area contributed by atoms with Crippen LogP contribution >= 0.6 is 15.9 Å². The Balaban J connectivity index is 0.000000299. The molecule has 116 valence electrons. The molecule has 0 radical (unpaired) electrons. The normalized spacial score (nSPS) is 10.2. The van der Waals surface area contributed by atoms with Crippen LogP contribution in [0.3, 0.4) is 0 Å². The Bertz CT molecular complexity index is 687. The van der Waals surface area contributed by atoms with E-state index >= 15 is 0 Å². The van der Waals surface area contributed by atoms with Crippen molar-refractivity contribution in [3.05, 3.63) is 60.0 Å². The fourth-order valence-corrected chi connectivity index (χ4v) is 2.60. The van der Waals surface area contributed by atoms with Gasteiger partial charge < -0.3 is 15.1 Å². The molecule has 0 aliphatic carbocycles. The highest BCUT2D eigenvalue weighted by Crippen LogP contribution is 2.21. The predicted octanol–water partition coefficient (Wildman–Crippen LogP) is 4.60. The number of carboxylic acid groups (broad SMARTS) is 1. The number of aromatic carboxylic acids is 1. The number of aromatic amines is 2. The van der Waals surface area contributed by atoms with Crippen molar-refractivity contribution in [3.63, 3.8) is 0 Å². The first-order valence-electron chi connectivity index (χ1n) is 7.19. The van der Waals surface area contributed by atoms with Crippen LogP contribution in [0.1, 0.15) is 28.8 Å². The van der Waals surface area contributed by atoms with Gasteiger partial charge in [-0.2, -0.15) is 0 Å². The Morgan fingerprint density at radius 2 is 1.95 bits per heavy atom. The lowest BCUT2D eigenvalue weighted by Gasteiger charge is -1.99. The molecule has 0 aliphatic heterocycles. The van der Waals surface area contributed by atoms with E-state index in [1.165, 1.54) is 5.56 Å². The molecule has 4 nitrogen and oxygen atoms in total. The van der Waals surface area contributed by atoms with Gasteiger partial charge in [0.2, 0.25) is 0 Å². The van der Waals surface area contributed by atoms with Crippen LogP contribution in [-0.4, -0.2) is 26.4 Å². The summed E-state index contributed by atoms with van der Waals surface area (Å²) in [4.78, 5) is 17.0. The van der Waals surface area contributed by atoms with Gasteiger partial charge in [0, 0.05) is 34.8 Å². The SMILES string of the molecule is O=C(O)c1ccc2[nH]cc(CCCCBr)c2c1.c1cc[nH]c1.